The van der Waals surface area contributed by atoms with Crippen molar-refractivity contribution in [3.63, 3.8) is 0 Å². The highest BCUT2D eigenvalue weighted by atomic mass is 32.2. The van der Waals surface area contributed by atoms with Crippen molar-refractivity contribution in [1.29, 1.82) is 0 Å². The van der Waals surface area contributed by atoms with Gasteiger partial charge in [-0.3, -0.25) is 4.79 Å². The Kier molecular flexibility index (Phi) is 5.92. The number of likely N-dealkylation sites (tertiary alicyclic amines) is 1. The molecule has 4 nitrogen and oxygen atoms in total. The van der Waals surface area contributed by atoms with Crippen LogP contribution in [0.5, 0.6) is 0 Å². The molecule has 1 aromatic rings. The van der Waals surface area contributed by atoms with E-state index in [9.17, 15) is 9.59 Å². The molecule has 1 aliphatic heterocycles. The van der Waals surface area contributed by atoms with Crippen molar-refractivity contribution < 1.29 is 14.3 Å². The summed E-state index contributed by atoms with van der Waals surface area (Å²) in [4.78, 5) is 25.4. The van der Waals surface area contributed by atoms with Crippen molar-refractivity contribution in [3.05, 3.63) is 35.9 Å². The Hall–Kier alpha value is -1.49. The average Bonchev–Trinajstić information content (AvgIpc) is 2.77. The zero-order valence-electron chi connectivity index (χ0n) is 11.4. The number of carbonyl (C=O) groups excluding carboxylic acids is 2. The molecule has 1 saturated heterocycles. The van der Waals surface area contributed by atoms with Gasteiger partial charge in [0.1, 0.15) is 5.94 Å². The van der Waals surface area contributed by atoms with E-state index in [-0.39, 0.29) is 17.1 Å². The van der Waals surface area contributed by atoms with Gasteiger partial charge in [0.05, 0.1) is 0 Å². The topological polar surface area (TPSA) is 46.6 Å². The lowest BCUT2D eigenvalue weighted by molar-refractivity contribution is 0.108. The van der Waals surface area contributed by atoms with Gasteiger partial charge in [-0.1, -0.05) is 43.2 Å². The van der Waals surface area contributed by atoms with Crippen molar-refractivity contribution in [1.82, 2.24) is 4.90 Å². The van der Waals surface area contributed by atoms with Gasteiger partial charge in [0.25, 0.3) is 0 Å². The van der Waals surface area contributed by atoms with Crippen LogP contribution >= 0.6 is 11.8 Å². The van der Waals surface area contributed by atoms with Crippen LogP contribution in [0, 0.1) is 0 Å². The third kappa shape index (κ3) is 4.56. The van der Waals surface area contributed by atoms with Crippen molar-refractivity contribution in [3.8, 4) is 0 Å². The molecule has 0 N–H and O–H groups in total. The molecule has 0 bridgehead atoms. The van der Waals surface area contributed by atoms with Gasteiger partial charge in [0.15, 0.2) is 0 Å². The molecule has 1 heterocycles. The van der Waals surface area contributed by atoms with Gasteiger partial charge < -0.3 is 9.64 Å². The molecule has 1 aromatic carbocycles. The van der Waals surface area contributed by atoms with Crippen LogP contribution in [0.3, 0.4) is 0 Å². The summed E-state index contributed by atoms with van der Waals surface area (Å²) < 4.78 is 5.16. The predicted molar refractivity (Wildman–Crippen MR) is 79.8 cm³/mol. The van der Waals surface area contributed by atoms with Crippen LogP contribution in [0.25, 0.3) is 0 Å². The molecule has 0 atom stereocenters. The fraction of sp³-hybridized carbons (Fsp3) is 0.467. The van der Waals surface area contributed by atoms with Crippen LogP contribution < -0.4 is 0 Å². The number of hydrogen-bond donors (Lipinski definition) is 0. The van der Waals surface area contributed by atoms with Crippen LogP contribution in [-0.4, -0.2) is 35.1 Å². The van der Waals surface area contributed by atoms with E-state index in [1.54, 1.807) is 17.0 Å². The lowest BCUT2D eigenvalue weighted by atomic mass is 10.2. The minimum atomic E-state index is -0.305. The van der Waals surface area contributed by atoms with Gasteiger partial charge in [-0.2, -0.15) is 0 Å². The molecule has 0 unspecified atom stereocenters. The Labute approximate surface area is 123 Å². The maximum atomic E-state index is 11.8. The molecule has 0 aromatic heterocycles. The predicted octanol–water partition coefficient (Wildman–Crippen LogP) is 3.53. The number of thioether (sulfide) groups is 1. The molecule has 1 amide bonds. The number of rotatable bonds is 3. The summed E-state index contributed by atoms with van der Waals surface area (Å²) in [5.41, 5.74) is 0.628. The van der Waals surface area contributed by atoms with E-state index in [0.29, 0.717) is 5.56 Å². The standard InChI is InChI=1S/C15H19NO3S/c17-14(13-8-4-3-5-9-13)20-12-19-15(18)16-10-6-1-2-7-11-16/h3-5,8-9H,1-2,6-7,10-12H2. The summed E-state index contributed by atoms with van der Waals surface area (Å²) in [6.45, 7) is 1.52. The summed E-state index contributed by atoms with van der Waals surface area (Å²) in [7, 11) is 0. The molecule has 0 radical (unpaired) electrons. The zero-order valence-corrected chi connectivity index (χ0v) is 12.2. The fourth-order valence-corrected chi connectivity index (χ4v) is 2.71. The first-order valence-electron chi connectivity index (χ1n) is 6.91. The lowest BCUT2D eigenvalue weighted by Crippen LogP contribution is -2.32. The van der Waals surface area contributed by atoms with Crippen LogP contribution in [0.4, 0.5) is 4.79 Å². The highest BCUT2D eigenvalue weighted by Gasteiger charge is 2.17. The second-order valence-electron chi connectivity index (χ2n) is 4.73. The first-order chi connectivity index (χ1) is 9.77. The van der Waals surface area contributed by atoms with Crippen molar-refractivity contribution in [2.45, 2.75) is 25.7 Å². The SMILES string of the molecule is O=C(SCOC(=O)N1CCCCCC1)c1ccccc1. The minimum Gasteiger partial charge on any atom is -0.438 e. The van der Waals surface area contributed by atoms with E-state index in [4.69, 9.17) is 4.74 Å². The molecule has 1 aliphatic rings. The Morgan fingerprint density at radius 3 is 2.35 bits per heavy atom. The summed E-state index contributed by atoms with van der Waals surface area (Å²) in [6, 6.07) is 9.01. The lowest BCUT2D eigenvalue weighted by Gasteiger charge is -2.19. The second-order valence-corrected chi connectivity index (χ2v) is 5.62. The third-order valence-corrected chi connectivity index (χ3v) is 3.98. The maximum absolute atomic E-state index is 11.8. The Balaban J connectivity index is 1.72. The van der Waals surface area contributed by atoms with E-state index in [1.165, 1.54) is 12.8 Å². The molecular weight excluding hydrogens is 274 g/mol. The van der Waals surface area contributed by atoms with Crippen LogP contribution in [0.2, 0.25) is 0 Å². The summed E-state index contributed by atoms with van der Waals surface area (Å²) in [6.07, 6.45) is 4.10. The molecule has 108 valence electrons. The van der Waals surface area contributed by atoms with E-state index >= 15 is 0 Å². The average molecular weight is 293 g/mol. The number of nitrogens with zero attached hydrogens (tertiary/aromatic N) is 1. The van der Waals surface area contributed by atoms with Crippen LogP contribution in [0.1, 0.15) is 36.0 Å². The Bertz CT molecular complexity index is 442. The summed E-state index contributed by atoms with van der Waals surface area (Å²) >= 11 is 1.02. The molecule has 20 heavy (non-hydrogen) atoms. The highest BCUT2D eigenvalue weighted by Crippen LogP contribution is 2.14. The van der Waals surface area contributed by atoms with Gasteiger partial charge in [-0.15, -0.1) is 0 Å². The molecule has 5 heteroatoms. The summed E-state index contributed by atoms with van der Waals surface area (Å²) in [5, 5.41) is -0.0748. The molecular formula is C15H19NO3S. The first-order valence-corrected chi connectivity index (χ1v) is 7.90. The first kappa shape index (κ1) is 14.9. The Morgan fingerprint density at radius 2 is 1.70 bits per heavy atom. The minimum absolute atomic E-state index is 0.0725. The number of amides is 1. The van der Waals surface area contributed by atoms with Crippen LogP contribution in [-0.2, 0) is 4.74 Å². The summed E-state index contributed by atoms with van der Waals surface area (Å²) in [5.74, 6) is 0.0725. The number of hydrogen-bond acceptors (Lipinski definition) is 4. The van der Waals surface area contributed by atoms with Gasteiger partial charge in [-0.05, 0) is 24.6 Å². The van der Waals surface area contributed by atoms with E-state index in [0.717, 1.165) is 37.7 Å². The van der Waals surface area contributed by atoms with Gasteiger partial charge in [-0.25, -0.2) is 4.79 Å². The van der Waals surface area contributed by atoms with E-state index in [1.807, 2.05) is 18.2 Å². The number of benzene rings is 1. The molecule has 1 fully saturated rings. The number of ether oxygens (including phenoxy) is 1. The maximum Gasteiger partial charge on any atom is 0.410 e. The van der Waals surface area contributed by atoms with Crippen molar-refractivity contribution >= 4 is 23.0 Å². The quantitative estimate of drug-likeness (QED) is 0.800. The van der Waals surface area contributed by atoms with Gasteiger partial charge in [0.2, 0.25) is 5.12 Å². The van der Waals surface area contributed by atoms with E-state index in [2.05, 4.69) is 0 Å². The van der Waals surface area contributed by atoms with Crippen LogP contribution in [0.15, 0.2) is 30.3 Å². The van der Waals surface area contributed by atoms with Gasteiger partial charge in [0, 0.05) is 18.7 Å². The fourth-order valence-electron chi connectivity index (χ4n) is 2.14. The monoisotopic (exact) mass is 293 g/mol. The van der Waals surface area contributed by atoms with E-state index < -0.39 is 0 Å². The largest absolute Gasteiger partial charge is 0.438 e. The van der Waals surface area contributed by atoms with Crippen molar-refractivity contribution in [2.24, 2.45) is 0 Å². The Morgan fingerprint density at radius 1 is 1.05 bits per heavy atom. The highest BCUT2D eigenvalue weighted by molar-refractivity contribution is 8.14. The third-order valence-electron chi connectivity index (χ3n) is 3.25. The molecule has 0 aliphatic carbocycles. The van der Waals surface area contributed by atoms with Crippen molar-refractivity contribution in [2.75, 3.05) is 19.0 Å². The normalized spacial score (nSPS) is 15.5. The van der Waals surface area contributed by atoms with Gasteiger partial charge >= 0.3 is 6.09 Å². The molecule has 0 saturated carbocycles. The zero-order chi connectivity index (χ0) is 14.2. The molecule has 2 rings (SSSR count). The second kappa shape index (κ2) is 7.94. The molecule has 0 spiro atoms. The smallest absolute Gasteiger partial charge is 0.410 e. The number of carbonyl (C=O) groups is 2.